The standard InChI is InChI=1S/C9H11ClN2O3S/c1-16(13,14)9-11-4-7(8(10)12-9)15-5-6-2-3-6/h4,6H,2-3,5H2,1H3. The quantitative estimate of drug-likeness (QED) is 0.605. The maximum atomic E-state index is 11.1. The summed E-state index contributed by atoms with van der Waals surface area (Å²) >= 11 is 5.80. The zero-order chi connectivity index (χ0) is 11.8. The Kier molecular flexibility index (Phi) is 3.03. The van der Waals surface area contributed by atoms with Crippen molar-refractivity contribution < 1.29 is 13.2 Å². The van der Waals surface area contributed by atoms with E-state index in [1.807, 2.05) is 0 Å². The highest BCUT2D eigenvalue weighted by Crippen LogP contribution is 2.30. The van der Waals surface area contributed by atoms with Gasteiger partial charge in [0, 0.05) is 6.26 Å². The lowest BCUT2D eigenvalue weighted by Gasteiger charge is -2.06. The third-order valence-corrected chi connectivity index (χ3v) is 3.32. The molecule has 0 unspecified atom stereocenters. The molecule has 1 aromatic rings. The molecule has 0 aromatic carbocycles. The molecule has 1 aliphatic rings. The van der Waals surface area contributed by atoms with Crippen LogP contribution in [0.5, 0.6) is 5.75 Å². The molecule has 1 saturated carbocycles. The monoisotopic (exact) mass is 262 g/mol. The summed E-state index contributed by atoms with van der Waals surface area (Å²) in [5.74, 6) is 0.923. The Hall–Kier alpha value is -0.880. The van der Waals surface area contributed by atoms with E-state index in [4.69, 9.17) is 16.3 Å². The van der Waals surface area contributed by atoms with Crippen molar-refractivity contribution in [2.45, 2.75) is 18.0 Å². The topological polar surface area (TPSA) is 69.2 Å². The number of aromatic nitrogens is 2. The van der Waals surface area contributed by atoms with Crippen molar-refractivity contribution in [1.29, 1.82) is 0 Å². The molecule has 0 amide bonds. The summed E-state index contributed by atoms with van der Waals surface area (Å²) in [6.07, 6.45) is 4.66. The first-order chi connectivity index (χ1) is 7.47. The van der Waals surface area contributed by atoms with E-state index in [0.29, 0.717) is 18.3 Å². The lowest BCUT2D eigenvalue weighted by molar-refractivity contribution is 0.297. The summed E-state index contributed by atoms with van der Waals surface area (Å²) in [5, 5.41) is -0.243. The molecule has 7 heteroatoms. The Labute approximate surface area is 98.7 Å². The molecule has 0 bridgehead atoms. The van der Waals surface area contributed by atoms with Crippen LogP contribution >= 0.6 is 11.6 Å². The van der Waals surface area contributed by atoms with Crippen molar-refractivity contribution in [2.75, 3.05) is 12.9 Å². The Morgan fingerprint density at radius 2 is 2.25 bits per heavy atom. The predicted molar refractivity (Wildman–Crippen MR) is 58.4 cm³/mol. The van der Waals surface area contributed by atoms with E-state index in [2.05, 4.69) is 9.97 Å². The Bertz CT molecular complexity index is 499. The molecule has 0 spiro atoms. The molecule has 0 N–H and O–H groups in total. The molecule has 5 nitrogen and oxygen atoms in total. The van der Waals surface area contributed by atoms with Gasteiger partial charge in [-0.1, -0.05) is 11.6 Å². The van der Waals surface area contributed by atoms with Crippen LogP contribution < -0.4 is 4.74 Å². The molecule has 88 valence electrons. The first-order valence-corrected chi connectivity index (χ1v) is 7.09. The minimum atomic E-state index is -3.42. The number of hydrogen-bond acceptors (Lipinski definition) is 5. The first-order valence-electron chi connectivity index (χ1n) is 4.82. The van der Waals surface area contributed by atoms with Crippen LogP contribution in [0.3, 0.4) is 0 Å². The van der Waals surface area contributed by atoms with Crippen molar-refractivity contribution >= 4 is 21.4 Å². The van der Waals surface area contributed by atoms with Crippen molar-refractivity contribution in [3.8, 4) is 5.75 Å². The highest BCUT2D eigenvalue weighted by Gasteiger charge is 2.23. The van der Waals surface area contributed by atoms with Crippen molar-refractivity contribution in [2.24, 2.45) is 5.92 Å². The van der Waals surface area contributed by atoms with Gasteiger partial charge in [0.2, 0.25) is 15.0 Å². The summed E-state index contributed by atoms with van der Waals surface area (Å²) in [6, 6.07) is 0. The molecule has 1 heterocycles. The van der Waals surface area contributed by atoms with Gasteiger partial charge >= 0.3 is 0 Å². The van der Waals surface area contributed by atoms with E-state index >= 15 is 0 Å². The van der Waals surface area contributed by atoms with Crippen LogP contribution in [0.1, 0.15) is 12.8 Å². The number of halogens is 1. The van der Waals surface area contributed by atoms with Crippen LogP contribution in [0.2, 0.25) is 5.15 Å². The number of ether oxygens (including phenoxy) is 1. The van der Waals surface area contributed by atoms with E-state index in [0.717, 1.165) is 6.26 Å². The van der Waals surface area contributed by atoms with Gasteiger partial charge in [0.15, 0.2) is 10.9 Å². The van der Waals surface area contributed by atoms with Gasteiger partial charge in [-0.15, -0.1) is 0 Å². The zero-order valence-electron chi connectivity index (χ0n) is 8.68. The first kappa shape index (κ1) is 11.6. The average molecular weight is 263 g/mol. The summed E-state index contributed by atoms with van der Waals surface area (Å²) in [7, 11) is -3.42. The SMILES string of the molecule is CS(=O)(=O)c1ncc(OCC2CC2)c(Cl)n1. The van der Waals surface area contributed by atoms with Crippen LogP contribution in [0.4, 0.5) is 0 Å². The smallest absolute Gasteiger partial charge is 0.248 e. The van der Waals surface area contributed by atoms with Crippen LogP contribution in [0.15, 0.2) is 11.4 Å². The van der Waals surface area contributed by atoms with Crippen molar-refractivity contribution in [3.63, 3.8) is 0 Å². The Balaban J connectivity index is 2.15. The Morgan fingerprint density at radius 3 is 2.75 bits per heavy atom. The second-order valence-corrected chi connectivity index (χ2v) is 6.10. The molecule has 1 aromatic heterocycles. The van der Waals surface area contributed by atoms with Gasteiger partial charge in [-0.2, -0.15) is 0 Å². The fourth-order valence-electron chi connectivity index (χ4n) is 1.10. The van der Waals surface area contributed by atoms with E-state index in [1.54, 1.807) is 0 Å². The van der Waals surface area contributed by atoms with Crippen LogP contribution in [-0.4, -0.2) is 31.2 Å². The van der Waals surface area contributed by atoms with E-state index < -0.39 is 9.84 Å². The van der Waals surface area contributed by atoms with Crippen LogP contribution in [0, 0.1) is 5.92 Å². The summed E-state index contributed by atoms with van der Waals surface area (Å²) < 4.78 is 27.7. The van der Waals surface area contributed by atoms with Crippen LogP contribution in [-0.2, 0) is 9.84 Å². The third-order valence-electron chi connectivity index (χ3n) is 2.19. The van der Waals surface area contributed by atoms with Gasteiger partial charge in [0.1, 0.15) is 0 Å². The van der Waals surface area contributed by atoms with Crippen LogP contribution in [0.25, 0.3) is 0 Å². The number of rotatable bonds is 4. The van der Waals surface area contributed by atoms with Gasteiger partial charge in [0.05, 0.1) is 12.8 Å². The third kappa shape index (κ3) is 2.82. The fourth-order valence-corrected chi connectivity index (χ4v) is 1.84. The maximum Gasteiger partial charge on any atom is 0.248 e. The minimum absolute atomic E-state index is 0.0380. The predicted octanol–water partition coefficient (Wildman–Crippen LogP) is 1.32. The van der Waals surface area contributed by atoms with E-state index in [-0.39, 0.29) is 10.3 Å². The van der Waals surface area contributed by atoms with Gasteiger partial charge in [-0.25, -0.2) is 18.4 Å². The van der Waals surface area contributed by atoms with Gasteiger partial charge in [-0.05, 0) is 18.8 Å². The molecule has 16 heavy (non-hydrogen) atoms. The molecule has 1 aliphatic carbocycles. The summed E-state index contributed by atoms with van der Waals surface area (Å²) in [4.78, 5) is 7.38. The summed E-state index contributed by atoms with van der Waals surface area (Å²) in [5.41, 5.74) is 0. The molecule has 2 rings (SSSR count). The average Bonchev–Trinajstić information content (AvgIpc) is 2.98. The molecule has 0 saturated heterocycles. The van der Waals surface area contributed by atoms with Gasteiger partial charge in [-0.3, -0.25) is 0 Å². The second kappa shape index (κ2) is 4.18. The molecule has 0 radical (unpaired) electrons. The Morgan fingerprint density at radius 1 is 1.56 bits per heavy atom. The van der Waals surface area contributed by atoms with Crippen molar-refractivity contribution in [3.05, 3.63) is 11.3 Å². The number of sulfone groups is 1. The van der Waals surface area contributed by atoms with E-state index in [1.165, 1.54) is 19.0 Å². The number of nitrogens with zero attached hydrogens (tertiary/aromatic N) is 2. The lowest BCUT2D eigenvalue weighted by atomic mass is 10.5. The molecule has 0 aliphatic heterocycles. The number of hydrogen-bond donors (Lipinski definition) is 0. The summed E-state index contributed by atoms with van der Waals surface area (Å²) in [6.45, 7) is 0.585. The molecular weight excluding hydrogens is 252 g/mol. The lowest BCUT2D eigenvalue weighted by Crippen LogP contribution is -2.06. The molecule has 0 atom stereocenters. The normalized spacial score (nSPS) is 16.1. The van der Waals surface area contributed by atoms with E-state index in [9.17, 15) is 8.42 Å². The minimum Gasteiger partial charge on any atom is -0.488 e. The van der Waals surface area contributed by atoms with Gasteiger partial charge in [0.25, 0.3) is 0 Å². The highest BCUT2D eigenvalue weighted by atomic mass is 35.5. The van der Waals surface area contributed by atoms with Gasteiger partial charge < -0.3 is 4.74 Å². The maximum absolute atomic E-state index is 11.1. The second-order valence-electron chi connectivity index (χ2n) is 3.83. The van der Waals surface area contributed by atoms with Crippen molar-refractivity contribution in [1.82, 2.24) is 9.97 Å². The molecular formula is C9H11ClN2O3S. The largest absolute Gasteiger partial charge is 0.488 e. The fraction of sp³-hybridized carbons (Fsp3) is 0.556. The zero-order valence-corrected chi connectivity index (χ0v) is 10.3. The molecule has 1 fully saturated rings. The highest BCUT2D eigenvalue weighted by molar-refractivity contribution is 7.90.